The van der Waals surface area contributed by atoms with Gasteiger partial charge in [-0.05, 0) is 26.3 Å². The van der Waals surface area contributed by atoms with Gasteiger partial charge in [-0.15, -0.1) is 11.3 Å². The summed E-state index contributed by atoms with van der Waals surface area (Å²) in [5.74, 6) is 1.89. The van der Waals surface area contributed by atoms with Gasteiger partial charge >= 0.3 is 5.97 Å². The number of amides is 1. The number of hydrogen-bond acceptors (Lipinski definition) is 5. The zero-order valence-corrected chi connectivity index (χ0v) is 15.8. The number of thiazole rings is 1. The van der Waals surface area contributed by atoms with Crippen LogP contribution in [0.4, 0.5) is 0 Å². The molecule has 0 bridgehead atoms. The monoisotopic (exact) mass is 366 g/mol. The van der Waals surface area contributed by atoms with Crippen LogP contribution in [0.15, 0.2) is 11.6 Å². The second-order valence-corrected chi connectivity index (χ2v) is 8.30. The van der Waals surface area contributed by atoms with Crippen molar-refractivity contribution in [3.8, 4) is 0 Å². The molecular formula is C17H22N2O3S2. The van der Waals surface area contributed by atoms with Gasteiger partial charge in [-0.2, -0.15) is 11.8 Å². The molecule has 3 rings (SSSR count). The van der Waals surface area contributed by atoms with Crippen molar-refractivity contribution >= 4 is 39.8 Å². The smallest absolute Gasteiger partial charge is 0.341 e. The van der Waals surface area contributed by atoms with Gasteiger partial charge in [-0.3, -0.25) is 4.79 Å². The maximum Gasteiger partial charge on any atom is 0.341 e. The van der Waals surface area contributed by atoms with Crippen LogP contribution in [0.25, 0.3) is 4.83 Å². The van der Waals surface area contributed by atoms with Gasteiger partial charge in [0.25, 0.3) is 0 Å². The number of fused-ring (bicyclic) bond motifs is 1. The molecule has 1 aliphatic rings. The lowest BCUT2D eigenvalue weighted by Gasteiger charge is -2.26. The number of hydrogen-bond donors (Lipinski definition) is 0. The average molecular weight is 367 g/mol. The number of aryl methyl sites for hydroxylation is 1. The predicted molar refractivity (Wildman–Crippen MR) is 98.2 cm³/mol. The molecule has 0 aromatic carbocycles. The standard InChI is InChI=1S/C17H22N2O3S2/c1-11(2)22-17(21)15-12(3)9-19-13(10-24-16(15)19)8-14(20)18-4-6-23-7-5-18/h9-11H,4-8H2,1-3H3. The van der Waals surface area contributed by atoms with Crippen molar-refractivity contribution in [2.24, 2.45) is 0 Å². The van der Waals surface area contributed by atoms with Crippen molar-refractivity contribution in [2.75, 3.05) is 24.6 Å². The molecule has 0 unspecified atom stereocenters. The van der Waals surface area contributed by atoms with Crippen molar-refractivity contribution in [1.82, 2.24) is 9.30 Å². The molecule has 1 saturated heterocycles. The van der Waals surface area contributed by atoms with Crippen molar-refractivity contribution in [1.29, 1.82) is 0 Å². The van der Waals surface area contributed by atoms with Crippen molar-refractivity contribution in [3.05, 3.63) is 28.4 Å². The van der Waals surface area contributed by atoms with Crippen LogP contribution in [0, 0.1) is 6.92 Å². The van der Waals surface area contributed by atoms with Gasteiger partial charge < -0.3 is 14.0 Å². The largest absolute Gasteiger partial charge is 0.459 e. The zero-order chi connectivity index (χ0) is 17.3. The Bertz CT molecular complexity index is 757. The third-order valence-electron chi connectivity index (χ3n) is 4.01. The first kappa shape index (κ1) is 17.4. The number of esters is 1. The molecule has 2 aromatic heterocycles. The Morgan fingerprint density at radius 2 is 2.00 bits per heavy atom. The van der Waals surface area contributed by atoms with E-state index in [4.69, 9.17) is 4.74 Å². The van der Waals surface area contributed by atoms with Gasteiger partial charge in [0.2, 0.25) is 5.91 Å². The van der Waals surface area contributed by atoms with Crippen molar-refractivity contribution in [2.45, 2.75) is 33.3 Å². The Kier molecular flexibility index (Phi) is 5.20. The summed E-state index contributed by atoms with van der Waals surface area (Å²) in [7, 11) is 0. The molecule has 0 spiro atoms. The summed E-state index contributed by atoms with van der Waals surface area (Å²) in [4.78, 5) is 27.6. The topological polar surface area (TPSA) is 51.0 Å². The lowest BCUT2D eigenvalue weighted by atomic mass is 10.2. The molecular weight excluding hydrogens is 344 g/mol. The Morgan fingerprint density at radius 1 is 1.29 bits per heavy atom. The molecule has 0 N–H and O–H groups in total. The predicted octanol–water partition coefficient (Wildman–Crippen LogP) is 2.99. The van der Waals surface area contributed by atoms with Crippen LogP contribution in [0.2, 0.25) is 0 Å². The zero-order valence-electron chi connectivity index (χ0n) is 14.2. The van der Waals surface area contributed by atoms with E-state index in [1.807, 2.05) is 53.4 Å². The van der Waals surface area contributed by atoms with Crippen LogP contribution >= 0.6 is 23.1 Å². The summed E-state index contributed by atoms with van der Waals surface area (Å²) in [6, 6.07) is 0. The number of ether oxygens (including phenoxy) is 1. The SMILES string of the molecule is Cc1cn2c(CC(=O)N3CCSCC3)csc2c1C(=O)OC(C)C. The number of nitrogens with zero attached hydrogens (tertiary/aromatic N) is 2. The summed E-state index contributed by atoms with van der Waals surface area (Å²) in [5, 5.41) is 1.97. The molecule has 0 aliphatic carbocycles. The van der Waals surface area contributed by atoms with Crippen LogP contribution in [0.3, 0.4) is 0 Å². The Labute approximate surface area is 150 Å². The average Bonchev–Trinajstić information content (AvgIpc) is 3.06. The van der Waals surface area contributed by atoms with Gasteiger partial charge in [0.1, 0.15) is 4.83 Å². The minimum absolute atomic E-state index is 0.148. The second kappa shape index (κ2) is 7.19. The number of carbonyl (C=O) groups excluding carboxylic acids is 2. The molecule has 7 heteroatoms. The molecule has 1 aliphatic heterocycles. The fourth-order valence-corrected chi connectivity index (χ4v) is 4.84. The molecule has 3 heterocycles. The minimum Gasteiger partial charge on any atom is -0.459 e. The van der Waals surface area contributed by atoms with Crippen LogP contribution in [0.1, 0.15) is 35.5 Å². The summed E-state index contributed by atoms with van der Waals surface area (Å²) >= 11 is 3.38. The highest BCUT2D eigenvalue weighted by Crippen LogP contribution is 2.27. The van der Waals surface area contributed by atoms with Gasteiger partial charge in [0, 0.05) is 41.9 Å². The lowest BCUT2D eigenvalue weighted by Crippen LogP contribution is -2.38. The molecule has 130 valence electrons. The van der Waals surface area contributed by atoms with Crippen molar-refractivity contribution < 1.29 is 14.3 Å². The highest BCUT2D eigenvalue weighted by atomic mass is 32.2. The number of rotatable bonds is 4. The molecule has 0 radical (unpaired) electrons. The van der Waals surface area contributed by atoms with E-state index >= 15 is 0 Å². The summed E-state index contributed by atoms with van der Waals surface area (Å²) in [5.41, 5.74) is 2.43. The fourth-order valence-electron chi connectivity index (χ4n) is 2.84. The summed E-state index contributed by atoms with van der Waals surface area (Å²) < 4.78 is 7.31. The van der Waals surface area contributed by atoms with E-state index < -0.39 is 0 Å². The third kappa shape index (κ3) is 3.47. The normalized spacial score (nSPS) is 15.2. The van der Waals surface area contributed by atoms with E-state index in [2.05, 4.69) is 0 Å². The first-order chi connectivity index (χ1) is 11.5. The third-order valence-corrected chi connectivity index (χ3v) is 5.97. The lowest BCUT2D eigenvalue weighted by molar-refractivity contribution is -0.130. The van der Waals surface area contributed by atoms with E-state index in [0.29, 0.717) is 12.0 Å². The number of thioether (sulfide) groups is 1. The first-order valence-corrected chi connectivity index (χ1v) is 10.2. The van der Waals surface area contributed by atoms with Gasteiger partial charge in [0.15, 0.2) is 0 Å². The molecule has 1 fully saturated rings. The molecule has 2 aromatic rings. The van der Waals surface area contributed by atoms with E-state index in [9.17, 15) is 9.59 Å². The number of aromatic nitrogens is 1. The summed E-state index contributed by atoms with van der Waals surface area (Å²) in [6.07, 6.45) is 2.15. The Balaban J connectivity index is 1.83. The highest BCUT2D eigenvalue weighted by molar-refractivity contribution is 7.99. The highest BCUT2D eigenvalue weighted by Gasteiger charge is 2.23. The van der Waals surface area contributed by atoms with Crippen molar-refractivity contribution in [3.63, 3.8) is 0 Å². The van der Waals surface area contributed by atoms with Gasteiger partial charge in [-0.25, -0.2) is 4.79 Å². The first-order valence-electron chi connectivity index (χ1n) is 8.12. The Morgan fingerprint density at radius 3 is 2.67 bits per heavy atom. The van der Waals surface area contributed by atoms with E-state index in [0.717, 1.165) is 40.7 Å². The summed E-state index contributed by atoms with van der Waals surface area (Å²) in [6.45, 7) is 7.25. The van der Waals surface area contributed by atoms with Crippen LogP contribution in [-0.2, 0) is 16.0 Å². The van der Waals surface area contributed by atoms with Gasteiger partial charge in [-0.1, -0.05) is 0 Å². The molecule has 0 saturated carbocycles. The van der Waals surface area contributed by atoms with Gasteiger partial charge in [0.05, 0.1) is 18.1 Å². The fraction of sp³-hybridized carbons (Fsp3) is 0.529. The van der Waals surface area contributed by atoms with Crippen LogP contribution < -0.4 is 0 Å². The number of carbonyl (C=O) groups is 2. The maximum absolute atomic E-state index is 12.5. The van der Waals surface area contributed by atoms with E-state index in [1.54, 1.807) is 0 Å². The molecule has 5 nitrogen and oxygen atoms in total. The van der Waals surface area contributed by atoms with Crippen LogP contribution in [0.5, 0.6) is 0 Å². The molecule has 0 atom stereocenters. The Hall–Kier alpha value is -1.47. The molecule has 1 amide bonds. The molecule has 24 heavy (non-hydrogen) atoms. The maximum atomic E-state index is 12.5. The van der Waals surface area contributed by atoms with E-state index in [-0.39, 0.29) is 18.0 Å². The van der Waals surface area contributed by atoms with Crippen LogP contribution in [-0.4, -0.2) is 51.9 Å². The quantitative estimate of drug-likeness (QED) is 0.781. The second-order valence-electron chi connectivity index (χ2n) is 6.21. The van der Waals surface area contributed by atoms with E-state index in [1.165, 1.54) is 11.3 Å². The minimum atomic E-state index is -0.294.